The lowest BCUT2D eigenvalue weighted by molar-refractivity contribution is -0.118. The number of aromatic nitrogens is 1. The van der Waals surface area contributed by atoms with Gasteiger partial charge in [-0.15, -0.1) is 0 Å². The highest BCUT2D eigenvalue weighted by molar-refractivity contribution is 6.31. The molecule has 0 saturated heterocycles. The molecule has 0 aliphatic rings. The smallest absolute Gasteiger partial charge is 0.274 e. The zero-order valence-electron chi connectivity index (χ0n) is 8.44. The molecule has 88 valence electrons. The van der Waals surface area contributed by atoms with E-state index in [4.69, 9.17) is 16.3 Å². The van der Waals surface area contributed by atoms with Gasteiger partial charge in [0.05, 0.1) is 5.69 Å². The van der Waals surface area contributed by atoms with Crippen molar-refractivity contribution in [1.29, 1.82) is 0 Å². The summed E-state index contributed by atoms with van der Waals surface area (Å²) in [5, 5.41) is 2.21. The third-order valence-electron chi connectivity index (χ3n) is 1.72. The Balaban J connectivity index is 2.86. The average Bonchev–Trinajstić information content (AvgIpc) is 2.23. The Kier molecular flexibility index (Phi) is 4.45. The number of alkyl halides is 2. The summed E-state index contributed by atoms with van der Waals surface area (Å²) in [5.74, 6) is -0.982. The van der Waals surface area contributed by atoms with E-state index in [-0.39, 0.29) is 18.0 Å². The normalized spacial score (nSPS) is 12.2. The van der Waals surface area contributed by atoms with Crippen molar-refractivity contribution in [3.05, 3.63) is 28.7 Å². The van der Waals surface area contributed by atoms with E-state index in [1.165, 1.54) is 30.0 Å². The minimum Gasteiger partial charge on any atom is -0.364 e. The number of pyridine rings is 1. The van der Waals surface area contributed by atoms with Gasteiger partial charge in [0.25, 0.3) is 17.1 Å². The fraction of sp³-hybridized carbons (Fsp3) is 0.333. The van der Waals surface area contributed by atoms with Crippen LogP contribution in [0.1, 0.15) is 0 Å². The number of carbonyl (C=O) groups excluding carboxylic acids is 1. The van der Waals surface area contributed by atoms with E-state index in [0.717, 1.165) is 0 Å². The van der Waals surface area contributed by atoms with Crippen LogP contribution in [0.4, 0.5) is 10.1 Å². The van der Waals surface area contributed by atoms with E-state index < -0.39 is 11.5 Å². The minimum absolute atomic E-state index is 0.0441. The lowest BCUT2D eigenvalue weighted by atomic mass is 10.4. The van der Waals surface area contributed by atoms with E-state index in [2.05, 4.69) is 5.32 Å². The van der Waals surface area contributed by atoms with Crippen LogP contribution in [-0.2, 0) is 16.3 Å². The third kappa shape index (κ3) is 3.32. The van der Waals surface area contributed by atoms with E-state index in [1.54, 1.807) is 0 Å². The van der Waals surface area contributed by atoms with Crippen LogP contribution in [0, 0.1) is 0 Å². The van der Waals surface area contributed by atoms with Crippen molar-refractivity contribution in [2.24, 2.45) is 0 Å². The van der Waals surface area contributed by atoms with Gasteiger partial charge in [-0.2, -0.15) is 0 Å². The predicted molar refractivity (Wildman–Crippen MR) is 57.1 cm³/mol. The quantitative estimate of drug-likeness (QED) is 0.807. The molecule has 0 aliphatic carbocycles. The second-order valence-electron chi connectivity index (χ2n) is 2.93. The highest BCUT2D eigenvalue weighted by Crippen LogP contribution is 2.06. The number of anilines is 1. The molecule has 1 heterocycles. The van der Waals surface area contributed by atoms with Crippen LogP contribution in [0.3, 0.4) is 0 Å². The Morgan fingerprint density at radius 1 is 1.69 bits per heavy atom. The highest BCUT2D eigenvalue weighted by atomic mass is 35.5. The standard InChI is InChI=1S/C9H10ClFN2O3/c1-16-5-13-4-6(2-3-7(13)14)12-9(15)8(10)11/h2-4,8H,5H2,1H3,(H,12,15). The molecule has 0 aliphatic heterocycles. The second kappa shape index (κ2) is 5.62. The first-order valence-corrected chi connectivity index (χ1v) is 4.76. The third-order valence-corrected chi connectivity index (χ3v) is 1.92. The van der Waals surface area contributed by atoms with Gasteiger partial charge in [0, 0.05) is 19.4 Å². The number of hydrogen-bond donors (Lipinski definition) is 1. The SMILES string of the molecule is COCn1cc(NC(=O)C(F)Cl)ccc1=O. The molecule has 1 rings (SSSR count). The number of carbonyl (C=O) groups is 1. The van der Waals surface area contributed by atoms with Crippen molar-refractivity contribution < 1.29 is 13.9 Å². The number of rotatable bonds is 4. The van der Waals surface area contributed by atoms with Crippen LogP contribution in [0.15, 0.2) is 23.1 Å². The molecule has 0 saturated carbocycles. The number of nitrogens with zero attached hydrogens (tertiary/aromatic N) is 1. The Bertz CT molecular complexity index is 433. The highest BCUT2D eigenvalue weighted by Gasteiger charge is 2.13. The summed E-state index contributed by atoms with van der Waals surface area (Å²) in [6.45, 7) is 0.0441. The van der Waals surface area contributed by atoms with E-state index in [9.17, 15) is 14.0 Å². The summed E-state index contributed by atoms with van der Waals surface area (Å²) >= 11 is 4.94. The number of halogens is 2. The van der Waals surface area contributed by atoms with Crippen molar-refractivity contribution in [2.75, 3.05) is 12.4 Å². The topological polar surface area (TPSA) is 60.3 Å². The van der Waals surface area contributed by atoms with Crippen LogP contribution in [-0.4, -0.2) is 23.2 Å². The zero-order chi connectivity index (χ0) is 12.1. The first kappa shape index (κ1) is 12.7. The molecule has 1 aromatic heterocycles. The fourth-order valence-corrected chi connectivity index (χ4v) is 1.10. The first-order valence-electron chi connectivity index (χ1n) is 4.33. The maximum Gasteiger partial charge on any atom is 0.274 e. The average molecular weight is 249 g/mol. The number of ether oxygens (including phenoxy) is 1. The van der Waals surface area contributed by atoms with Crippen LogP contribution >= 0.6 is 11.6 Å². The second-order valence-corrected chi connectivity index (χ2v) is 3.32. The molecular formula is C9H10ClFN2O3. The molecule has 0 spiro atoms. The Morgan fingerprint density at radius 3 is 2.94 bits per heavy atom. The summed E-state index contributed by atoms with van der Waals surface area (Å²) in [4.78, 5) is 22.2. The van der Waals surface area contributed by atoms with Crippen molar-refractivity contribution >= 4 is 23.2 Å². The molecule has 5 nitrogen and oxygen atoms in total. The molecular weight excluding hydrogens is 239 g/mol. The van der Waals surface area contributed by atoms with Crippen LogP contribution in [0.5, 0.6) is 0 Å². The molecule has 1 N–H and O–H groups in total. The number of hydrogen-bond acceptors (Lipinski definition) is 3. The first-order chi connectivity index (χ1) is 7.54. The zero-order valence-corrected chi connectivity index (χ0v) is 9.20. The largest absolute Gasteiger partial charge is 0.364 e. The predicted octanol–water partition coefficient (Wildman–Crippen LogP) is 0.925. The van der Waals surface area contributed by atoms with E-state index in [0.29, 0.717) is 0 Å². The van der Waals surface area contributed by atoms with Gasteiger partial charge in [0.2, 0.25) is 0 Å². The Hall–Kier alpha value is -1.40. The van der Waals surface area contributed by atoms with Crippen LogP contribution in [0.25, 0.3) is 0 Å². The van der Waals surface area contributed by atoms with Crippen molar-refractivity contribution in [3.63, 3.8) is 0 Å². The van der Waals surface area contributed by atoms with Gasteiger partial charge in [0.1, 0.15) is 6.73 Å². The molecule has 0 radical (unpaired) electrons. The molecule has 1 unspecified atom stereocenters. The van der Waals surface area contributed by atoms with E-state index >= 15 is 0 Å². The maximum atomic E-state index is 12.4. The molecule has 0 aromatic carbocycles. The van der Waals surface area contributed by atoms with Gasteiger partial charge in [-0.05, 0) is 6.07 Å². The molecule has 1 atom stereocenters. The number of nitrogens with one attached hydrogen (secondary N) is 1. The minimum atomic E-state index is -2.12. The Labute approximate surface area is 95.8 Å². The van der Waals surface area contributed by atoms with Crippen molar-refractivity contribution in [1.82, 2.24) is 4.57 Å². The fourth-order valence-electron chi connectivity index (χ4n) is 1.04. The van der Waals surface area contributed by atoms with E-state index in [1.807, 2.05) is 0 Å². The van der Waals surface area contributed by atoms with Gasteiger partial charge < -0.3 is 10.1 Å². The number of methoxy groups -OCH3 is 1. The monoisotopic (exact) mass is 248 g/mol. The van der Waals surface area contributed by atoms with Gasteiger partial charge in [0.15, 0.2) is 0 Å². The van der Waals surface area contributed by atoms with Gasteiger partial charge in [-0.25, -0.2) is 4.39 Å². The summed E-state index contributed by atoms with van der Waals surface area (Å²) in [6, 6.07) is 2.59. The lowest BCUT2D eigenvalue weighted by Crippen LogP contribution is -2.23. The maximum absolute atomic E-state index is 12.4. The van der Waals surface area contributed by atoms with Crippen molar-refractivity contribution in [3.8, 4) is 0 Å². The molecule has 16 heavy (non-hydrogen) atoms. The summed E-state index contributed by atoms with van der Waals surface area (Å²) in [7, 11) is 1.42. The van der Waals surface area contributed by atoms with Crippen LogP contribution in [0.2, 0.25) is 0 Å². The molecule has 0 fully saturated rings. The summed E-state index contributed by atoms with van der Waals surface area (Å²) < 4.78 is 18.4. The number of amides is 1. The van der Waals surface area contributed by atoms with Crippen molar-refractivity contribution in [2.45, 2.75) is 12.4 Å². The summed E-state index contributed by atoms with van der Waals surface area (Å²) in [6.07, 6.45) is 1.34. The molecule has 1 amide bonds. The lowest BCUT2D eigenvalue weighted by Gasteiger charge is -2.08. The molecule has 1 aromatic rings. The van der Waals surface area contributed by atoms with Gasteiger partial charge in [-0.1, -0.05) is 11.6 Å². The molecule has 0 bridgehead atoms. The summed E-state index contributed by atoms with van der Waals surface area (Å²) in [5.41, 5.74) is -2.14. The molecule has 7 heteroatoms. The van der Waals surface area contributed by atoms with Crippen LogP contribution < -0.4 is 10.9 Å². The van der Waals surface area contributed by atoms with Gasteiger partial charge >= 0.3 is 0 Å². The Morgan fingerprint density at radius 2 is 2.38 bits per heavy atom. The van der Waals surface area contributed by atoms with Gasteiger partial charge in [-0.3, -0.25) is 14.2 Å².